The average molecular weight is 335 g/mol. The van der Waals surface area contributed by atoms with Crippen LogP contribution in [0.5, 0.6) is 0 Å². The summed E-state index contributed by atoms with van der Waals surface area (Å²) in [6.45, 7) is 5.37. The smallest absolute Gasteiger partial charge is 0.0210 e. The van der Waals surface area contributed by atoms with E-state index in [1.54, 1.807) is 0 Å². The van der Waals surface area contributed by atoms with Gasteiger partial charge in [0.15, 0.2) is 0 Å². The van der Waals surface area contributed by atoms with Gasteiger partial charge in [-0.25, -0.2) is 0 Å². The Labute approximate surface area is 109 Å². The molecule has 15 heavy (non-hydrogen) atoms. The van der Waals surface area contributed by atoms with Gasteiger partial charge in [0.2, 0.25) is 0 Å². The van der Waals surface area contributed by atoms with Gasteiger partial charge < -0.3 is 5.32 Å². The molecule has 0 aliphatic heterocycles. The van der Waals surface area contributed by atoms with Crippen LogP contribution in [0.3, 0.4) is 0 Å². The fraction of sp³-hybridized carbons (Fsp3) is 0.500. The van der Waals surface area contributed by atoms with Crippen molar-refractivity contribution in [2.24, 2.45) is 0 Å². The lowest BCUT2D eigenvalue weighted by atomic mass is 10.0. The fourth-order valence-corrected chi connectivity index (χ4v) is 2.75. The van der Waals surface area contributed by atoms with Crippen molar-refractivity contribution >= 4 is 31.9 Å². The number of hydrogen-bond acceptors (Lipinski definition) is 1. The van der Waals surface area contributed by atoms with Crippen LogP contribution in [-0.4, -0.2) is 10.9 Å². The largest absolute Gasteiger partial charge is 0.308 e. The Morgan fingerprint density at radius 3 is 2.67 bits per heavy atom. The summed E-state index contributed by atoms with van der Waals surface area (Å²) in [5, 5.41) is 4.59. The van der Waals surface area contributed by atoms with Gasteiger partial charge in [-0.15, -0.1) is 0 Å². The van der Waals surface area contributed by atoms with Crippen LogP contribution in [0.15, 0.2) is 28.7 Å². The second kappa shape index (κ2) is 6.02. The molecule has 0 aromatic heterocycles. The van der Waals surface area contributed by atoms with Crippen LogP contribution in [0.1, 0.15) is 25.8 Å². The van der Waals surface area contributed by atoms with Gasteiger partial charge in [-0.05, 0) is 38.0 Å². The third-order valence-corrected chi connectivity index (χ3v) is 3.27. The van der Waals surface area contributed by atoms with Crippen molar-refractivity contribution in [1.82, 2.24) is 5.32 Å². The molecule has 0 aliphatic carbocycles. The quantitative estimate of drug-likeness (QED) is 0.799. The first-order chi connectivity index (χ1) is 7.03. The Morgan fingerprint density at radius 1 is 1.33 bits per heavy atom. The van der Waals surface area contributed by atoms with Crippen molar-refractivity contribution in [3.63, 3.8) is 0 Å². The lowest BCUT2D eigenvalue weighted by molar-refractivity contribution is 0.378. The van der Waals surface area contributed by atoms with Crippen LogP contribution < -0.4 is 5.32 Å². The van der Waals surface area contributed by atoms with Gasteiger partial charge in [0, 0.05) is 21.9 Å². The Bertz CT molecular complexity index is 310. The molecule has 0 aliphatic rings. The van der Waals surface area contributed by atoms with Crippen molar-refractivity contribution < 1.29 is 0 Å². The molecule has 0 heterocycles. The first-order valence-corrected chi connectivity index (χ1v) is 7.00. The highest BCUT2D eigenvalue weighted by atomic mass is 79.9. The number of alkyl halides is 1. The van der Waals surface area contributed by atoms with E-state index in [9.17, 15) is 0 Å². The van der Waals surface area contributed by atoms with Crippen LogP contribution in [0.2, 0.25) is 0 Å². The number of benzene rings is 1. The highest BCUT2D eigenvalue weighted by molar-refractivity contribution is 9.10. The van der Waals surface area contributed by atoms with Gasteiger partial charge in [-0.3, -0.25) is 0 Å². The van der Waals surface area contributed by atoms with Gasteiger partial charge >= 0.3 is 0 Å². The molecule has 1 nitrogen and oxygen atoms in total. The zero-order chi connectivity index (χ0) is 11.3. The van der Waals surface area contributed by atoms with Crippen molar-refractivity contribution in [2.75, 3.05) is 5.33 Å². The molecular weight excluding hydrogens is 318 g/mol. The number of nitrogens with one attached hydrogen (secondary N) is 1. The van der Waals surface area contributed by atoms with Crippen molar-refractivity contribution in [3.05, 3.63) is 34.3 Å². The second-order valence-electron chi connectivity index (χ2n) is 4.31. The maximum Gasteiger partial charge on any atom is 0.0210 e. The van der Waals surface area contributed by atoms with E-state index in [-0.39, 0.29) is 5.54 Å². The molecule has 0 saturated carbocycles. The molecule has 0 saturated heterocycles. The van der Waals surface area contributed by atoms with Crippen LogP contribution in [0, 0.1) is 0 Å². The van der Waals surface area contributed by atoms with Crippen molar-refractivity contribution in [1.29, 1.82) is 0 Å². The zero-order valence-corrected chi connectivity index (χ0v) is 12.4. The lowest BCUT2D eigenvalue weighted by Crippen LogP contribution is -2.38. The Kier molecular flexibility index (Phi) is 5.30. The summed E-state index contributed by atoms with van der Waals surface area (Å²) in [6, 6.07) is 8.41. The zero-order valence-electron chi connectivity index (χ0n) is 9.19. The minimum Gasteiger partial charge on any atom is -0.308 e. The lowest BCUT2D eigenvalue weighted by Gasteiger charge is -2.25. The van der Waals surface area contributed by atoms with E-state index < -0.39 is 0 Å². The average Bonchev–Trinajstić information content (AvgIpc) is 2.15. The van der Waals surface area contributed by atoms with Gasteiger partial charge in [0.05, 0.1) is 0 Å². The van der Waals surface area contributed by atoms with Crippen molar-refractivity contribution in [3.8, 4) is 0 Å². The molecule has 84 valence electrons. The molecule has 0 fully saturated rings. The molecule has 3 heteroatoms. The maximum atomic E-state index is 3.55. The highest BCUT2D eigenvalue weighted by Gasteiger charge is 2.15. The first-order valence-electron chi connectivity index (χ1n) is 5.09. The van der Waals surface area contributed by atoms with Gasteiger partial charge in [-0.1, -0.05) is 44.0 Å². The van der Waals surface area contributed by atoms with E-state index in [4.69, 9.17) is 0 Å². The molecule has 1 aromatic carbocycles. The topological polar surface area (TPSA) is 12.0 Å². The first kappa shape index (κ1) is 13.2. The minimum absolute atomic E-state index is 0.186. The minimum atomic E-state index is 0.186. The third-order valence-electron chi connectivity index (χ3n) is 2.38. The Hall–Kier alpha value is 0.140. The Balaban J connectivity index is 2.49. The predicted octanol–water partition coefficient (Wildman–Crippen LogP) is 4.10. The molecule has 0 unspecified atom stereocenters. The summed E-state index contributed by atoms with van der Waals surface area (Å²) in [5.74, 6) is 0. The van der Waals surface area contributed by atoms with Crippen LogP contribution >= 0.6 is 31.9 Å². The normalized spacial score (nSPS) is 11.7. The molecule has 1 rings (SSSR count). The number of rotatable bonds is 5. The van der Waals surface area contributed by atoms with Gasteiger partial charge in [-0.2, -0.15) is 0 Å². The maximum absolute atomic E-state index is 3.55. The molecule has 1 N–H and O–H groups in total. The fourth-order valence-electron chi connectivity index (χ4n) is 1.31. The molecule has 0 amide bonds. The predicted molar refractivity (Wildman–Crippen MR) is 73.5 cm³/mol. The van der Waals surface area contributed by atoms with Crippen LogP contribution in [-0.2, 0) is 6.54 Å². The summed E-state index contributed by atoms with van der Waals surface area (Å²) in [6.07, 6.45) is 1.13. The second-order valence-corrected chi connectivity index (χ2v) is 6.02. The van der Waals surface area contributed by atoms with Crippen LogP contribution in [0.4, 0.5) is 0 Å². The van der Waals surface area contributed by atoms with E-state index in [0.29, 0.717) is 0 Å². The van der Waals surface area contributed by atoms with E-state index in [1.165, 1.54) is 5.56 Å². The highest BCUT2D eigenvalue weighted by Crippen LogP contribution is 2.14. The summed E-state index contributed by atoms with van der Waals surface area (Å²) < 4.78 is 1.14. The number of halogens is 2. The molecular formula is C12H17Br2N. The third kappa shape index (κ3) is 5.14. The monoisotopic (exact) mass is 333 g/mol. The molecule has 0 spiro atoms. The van der Waals surface area contributed by atoms with E-state index in [2.05, 4.69) is 69.2 Å². The molecule has 0 radical (unpaired) electrons. The standard InChI is InChI=1S/C12H17Br2N/c1-12(2,6-7-13)15-9-10-4-3-5-11(14)8-10/h3-5,8,15H,6-7,9H2,1-2H3. The number of hydrogen-bond donors (Lipinski definition) is 1. The summed E-state index contributed by atoms with van der Waals surface area (Å²) in [5.41, 5.74) is 1.50. The summed E-state index contributed by atoms with van der Waals surface area (Å²) in [7, 11) is 0. The van der Waals surface area contributed by atoms with Crippen molar-refractivity contribution in [2.45, 2.75) is 32.4 Å². The van der Waals surface area contributed by atoms with Gasteiger partial charge in [0.25, 0.3) is 0 Å². The molecule has 1 aromatic rings. The Morgan fingerprint density at radius 2 is 2.07 bits per heavy atom. The molecule has 0 bridgehead atoms. The summed E-state index contributed by atoms with van der Waals surface area (Å²) >= 11 is 6.95. The summed E-state index contributed by atoms with van der Waals surface area (Å²) in [4.78, 5) is 0. The van der Waals surface area contributed by atoms with Crippen LogP contribution in [0.25, 0.3) is 0 Å². The SMILES string of the molecule is CC(C)(CCBr)NCc1cccc(Br)c1. The van der Waals surface area contributed by atoms with E-state index >= 15 is 0 Å². The van der Waals surface area contributed by atoms with Gasteiger partial charge in [0.1, 0.15) is 0 Å². The van der Waals surface area contributed by atoms with E-state index in [0.717, 1.165) is 22.8 Å². The molecule has 0 atom stereocenters. The van der Waals surface area contributed by atoms with E-state index in [1.807, 2.05) is 6.07 Å².